The van der Waals surface area contributed by atoms with Crippen LogP contribution in [-0.4, -0.2) is 30.2 Å². The molecule has 1 aromatic rings. The molecule has 0 spiro atoms. The van der Waals surface area contributed by atoms with Crippen molar-refractivity contribution in [3.05, 3.63) is 29.8 Å². The quantitative estimate of drug-likeness (QED) is 0.784. The van der Waals surface area contributed by atoms with E-state index in [9.17, 15) is 9.59 Å². The van der Waals surface area contributed by atoms with Gasteiger partial charge in [-0.05, 0) is 12.1 Å². The van der Waals surface area contributed by atoms with E-state index in [0.29, 0.717) is 18.9 Å². The molecule has 6 heteroatoms. The Kier molecular flexibility index (Phi) is 3.91. The molecule has 1 aromatic carbocycles. The maximum absolute atomic E-state index is 11.3. The fourth-order valence-corrected chi connectivity index (χ4v) is 1.66. The Labute approximate surface area is 104 Å². The van der Waals surface area contributed by atoms with Gasteiger partial charge >= 0.3 is 5.97 Å². The normalized spacial score (nSPS) is 15.6. The van der Waals surface area contributed by atoms with Gasteiger partial charge in [-0.2, -0.15) is 0 Å². The highest BCUT2D eigenvalue weighted by Crippen LogP contribution is 2.25. The van der Waals surface area contributed by atoms with Crippen molar-refractivity contribution in [2.45, 2.75) is 12.7 Å². The van der Waals surface area contributed by atoms with Gasteiger partial charge in [-0.15, -0.1) is 0 Å². The van der Waals surface area contributed by atoms with E-state index in [2.05, 4.69) is 5.32 Å². The fraction of sp³-hybridized carbons (Fsp3) is 0.333. The molecule has 0 bridgehead atoms. The van der Waals surface area contributed by atoms with Crippen molar-refractivity contribution >= 4 is 17.6 Å². The summed E-state index contributed by atoms with van der Waals surface area (Å²) in [5.74, 6) is -1.72. The molecule has 1 amide bonds. The maximum Gasteiger partial charge on any atom is 0.312 e. The molecular formula is C12H13NO5. The van der Waals surface area contributed by atoms with Gasteiger partial charge in [0.25, 0.3) is 0 Å². The number of carbonyl (C=O) groups excluding carboxylic acids is 1. The Morgan fingerprint density at radius 1 is 1.33 bits per heavy atom. The van der Waals surface area contributed by atoms with Crippen LogP contribution in [0.15, 0.2) is 24.3 Å². The Balaban J connectivity index is 2.02. The van der Waals surface area contributed by atoms with Gasteiger partial charge in [0.1, 0.15) is 6.42 Å². The van der Waals surface area contributed by atoms with Gasteiger partial charge in [0.05, 0.1) is 13.2 Å². The van der Waals surface area contributed by atoms with Gasteiger partial charge < -0.3 is 19.9 Å². The molecule has 0 atom stereocenters. The van der Waals surface area contributed by atoms with E-state index in [0.717, 1.165) is 5.56 Å². The highest BCUT2D eigenvalue weighted by molar-refractivity contribution is 6.01. The fourth-order valence-electron chi connectivity index (χ4n) is 1.66. The second kappa shape index (κ2) is 5.61. The lowest BCUT2D eigenvalue weighted by Crippen LogP contribution is -2.16. The molecule has 0 unspecified atom stereocenters. The molecule has 1 aliphatic rings. The average Bonchev–Trinajstić information content (AvgIpc) is 2.81. The minimum Gasteiger partial charge on any atom is -0.481 e. The van der Waals surface area contributed by atoms with Crippen LogP contribution in [0.2, 0.25) is 0 Å². The lowest BCUT2D eigenvalue weighted by molar-refractivity contribution is -0.139. The van der Waals surface area contributed by atoms with Crippen LogP contribution in [0.4, 0.5) is 5.69 Å². The molecule has 0 aliphatic carbocycles. The van der Waals surface area contributed by atoms with Crippen LogP contribution in [-0.2, 0) is 19.1 Å². The van der Waals surface area contributed by atoms with Crippen molar-refractivity contribution in [3.8, 4) is 0 Å². The van der Waals surface area contributed by atoms with Crippen molar-refractivity contribution < 1.29 is 24.2 Å². The van der Waals surface area contributed by atoms with E-state index in [1.165, 1.54) is 0 Å². The van der Waals surface area contributed by atoms with Crippen molar-refractivity contribution in [2.75, 3.05) is 18.5 Å². The van der Waals surface area contributed by atoms with Gasteiger partial charge in [-0.1, -0.05) is 12.1 Å². The van der Waals surface area contributed by atoms with Crippen LogP contribution < -0.4 is 5.32 Å². The maximum atomic E-state index is 11.3. The van der Waals surface area contributed by atoms with Crippen LogP contribution in [0, 0.1) is 0 Å². The molecule has 0 radical (unpaired) electrons. The molecule has 1 saturated heterocycles. The summed E-state index contributed by atoms with van der Waals surface area (Å²) in [6.45, 7) is 1.08. The van der Waals surface area contributed by atoms with Crippen LogP contribution in [0.5, 0.6) is 0 Å². The predicted molar refractivity (Wildman–Crippen MR) is 62.0 cm³/mol. The molecule has 0 saturated carbocycles. The van der Waals surface area contributed by atoms with E-state index < -0.39 is 24.6 Å². The number of nitrogens with one attached hydrogen (secondary N) is 1. The zero-order valence-corrected chi connectivity index (χ0v) is 9.59. The van der Waals surface area contributed by atoms with Crippen molar-refractivity contribution in [1.29, 1.82) is 0 Å². The number of benzene rings is 1. The molecule has 1 heterocycles. The number of carbonyl (C=O) groups is 2. The number of carboxylic acid groups (broad SMARTS) is 1. The molecule has 0 aromatic heterocycles. The van der Waals surface area contributed by atoms with Crippen LogP contribution >= 0.6 is 0 Å². The first-order valence-electron chi connectivity index (χ1n) is 5.50. The van der Waals surface area contributed by atoms with Crippen LogP contribution in [0.25, 0.3) is 0 Å². The molecule has 2 rings (SSSR count). The molecule has 1 aliphatic heterocycles. The van der Waals surface area contributed by atoms with Gasteiger partial charge in [0.2, 0.25) is 5.91 Å². The second-order valence-corrected chi connectivity index (χ2v) is 3.82. The molecule has 6 nitrogen and oxygen atoms in total. The summed E-state index contributed by atoms with van der Waals surface area (Å²) in [4.78, 5) is 21.7. The standard InChI is InChI=1S/C12H13NO5/c14-10(7-11(15)16)13-9-3-1-2-8(6-9)12-17-4-5-18-12/h1-3,6,12H,4-5,7H2,(H,13,14)(H,15,16). The zero-order valence-electron chi connectivity index (χ0n) is 9.59. The minimum atomic E-state index is -1.16. The largest absolute Gasteiger partial charge is 0.481 e. The number of hydrogen-bond acceptors (Lipinski definition) is 4. The summed E-state index contributed by atoms with van der Waals surface area (Å²) in [5.41, 5.74) is 1.32. The number of carboxylic acids is 1. The number of amides is 1. The Morgan fingerprint density at radius 3 is 2.72 bits per heavy atom. The van der Waals surface area contributed by atoms with Crippen LogP contribution in [0.3, 0.4) is 0 Å². The SMILES string of the molecule is O=C(O)CC(=O)Nc1cccc(C2OCCO2)c1. The minimum absolute atomic E-state index is 0.415. The van der Waals surface area contributed by atoms with Crippen LogP contribution in [0.1, 0.15) is 18.3 Å². The third-order valence-corrected chi connectivity index (χ3v) is 2.38. The lowest BCUT2D eigenvalue weighted by Gasteiger charge is -2.11. The summed E-state index contributed by atoms with van der Waals surface area (Å²) < 4.78 is 10.7. The highest BCUT2D eigenvalue weighted by Gasteiger charge is 2.18. The van der Waals surface area contributed by atoms with Crippen molar-refractivity contribution in [1.82, 2.24) is 0 Å². The monoisotopic (exact) mass is 251 g/mol. The molecule has 18 heavy (non-hydrogen) atoms. The molecule has 96 valence electrons. The number of anilines is 1. The topological polar surface area (TPSA) is 84.9 Å². The summed E-state index contributed by atoms with van der Waals surface area (Å²) >= 11 is 0. The highest BCUT2D eigenvalue weighted by atomic mass is 16.7. The number of rotatable bonds is 4. The second-order valence-electron chi connectivity index (χ2n) is 3.82. The molecule has 2 N–H and O–H groups in total. The lowest BCUT2D eigenvalue weighted by atomic mass is 10.2. The molecular weight excluding hydrogens is 238 g/mol. The van der Waals surface area contributed by atoms with Gasteiger partial charge in [-0.25, -0.2) is 0 Å². The molecule has 1 fully saturated rings. The van der Waals surface area contributed by atoms with Gasteiger partial charge in [0.15, 0.2) is 6.29 Å². The van der Waals surface area contributed by atoms with E-state index in [-0.39, 0.29) is 0 Å². The smallest absolute Gasteiger partial charge is 0.312 e. The van der Waals surface area contributed by atoms with E-state index in [1.54, 1.807) is 18.2 Å². The van der Waals surface area contributed by atoms with E-state index in [1.807, 2.05) is 6.07 Å². The third-order valence-electron chi connectivity index (χ3n) is 2.38. The number of ether oxygens (including phenoxy) is 2. The first-order valence-corrected chi connectivity index (χ1v) is 5.50. The first kappa shape index (κ1) is 12.5. The van der Waals surface area contributed by atoms with Crippen molar-refractivity contribution in [3.63, 3.8) is 0 Å². The number of hydrogen-bond donors (Lipinski definition) is 2. The summed E-state index contributed by atoms with van der Waals surface area (Å²) in [7, 11) is 0. The van der Waals surface area contributed by atoms with Gasteiger partial charge in [0, 0.05) is 11.3 Å². The predicted octanol–water partition coefficient (Wildman–Crippen LogP) is 1.15. The Morgan fingerprint density at radius 2 is 2.06 bits per heavy atom. The zero-order chi connectivity index (χ0) is 13.0. The van der Waals surface area contributed by atoms with E-state index >= 15 is 0 Å². The first-order chi connectivity index (χ1) is 8.65. The van der Waals surface area contributed by atoms with E-state index in [4.69, 9.17) is 14.6 Å². The average molecular weight is 251 g/mol. The number of aliphatic carboxylic acids is 1. The summed E-state index contributed by atoms with van der Waals surface area (Å²) in [6.07, 6.45) is -0.970. The Bertz CT molecular complexity index is 454. The third kappa shape index (κ3) is 3.28. The summed E-state index contributed by atoms with van der Waals surface area (Å²) in [5, 5.41) is 11.0. The Hall–Kier alpha value is -1.92. The van der Waals surface area contributed by atoms with Gasteiger partial charge in [-0.3, -0.25) is 9.59 Å². The summed E-state index contributed by atoms with van der Waals surface area (Å²) in [6, 6.07) is 6.95. The van der Waals surface area contributed by atoms with Crippen molar-refractivity contribution in [2.24, 2.45) is 0 Å².